The molecule has 1 atom stereocenters. The van der Waals surface area contributed by atoms with E-state index in [0.717, 1.165) is 17.7 Å². The van der Waals surface area contributed by atoms with E-state index in [1.54, 1.807) is 18.2 Å². The van der Waals surface area contributed by atoms with Gasteiger partial charge >= 0.3 is 5.97 Å². The summed E-state index contributed by atoms with van der Waals surface area (Å²) in [6.07, 6.45) is 0.916. The van der Waals surface area contributed by atoms with Gasteiger partial charge in [-0.1, -0.05) is 13.0 Å². The lowest BCUT2D eigenvalue weighted by Gasteiger charge is -2.24. The molecule has 0 bridgehead atoms. The lowest BCUT2D eigenvalue weighted by molar-refractivity contribution is -0.132. The number of nitriles is 1. The number of nitrogens with two attached hydrogens (primary N) is 1. The summed E-state index contributed by atoms with van der Waals surface area (Å²) in [6.45, 7) is 3.99. The molecule has 9 heteroatoms. The van der Waals surface area contributed by atoms with Gasteiger partial charge in [0.1, 0.15) is 17.4 Å². The van der Waals surface area contributed by atoms with Crippen LogP contribution in [0.3, 0.4) is 0 Å². The molecule has 0 aliphatic carbocycles. The van der Waals surface area contributed by atoms with E-state index in [1.807, 2.05) is 31.2 Å². The topological polar surface area (TPSA) is 132 Å². The molecule has 0 radical (unpaired) electrons. The third-order valence-electron chi connectivity index (χ3n) is 5.33. The van der Waals surface area contributed by atoms with E-state index < -0.39 is 11.9 Å². The Labute approximate surface area is 196 Å². The van der Waals surface area contributed by atoms with Crippen molar-refractivity contribution in [2.75, 3.05) is 13.7 Å². The summed E-state index contributed by atoms with van der Waals surface area (Å²) < 4.78 is 22.0. The molecule has 34 heavy (non-hydrogen) atoms. The molecule has 0 unspecified atom stereocenters. The summed E-state index contributed by atoms with van der Waals surface area (Å²) in [5.41, 5.74) is 9.20. The number of methoxy groups -OCH3 is 1. The highest BCUT2D eigenvalue weighted by atomic mass is 16.6. The number of hydrogen-bond donors (Lipinski definition) is 2. The van der Waals surface area contributed by atoms with Crippen LogP contribution in [0.4, 0.5) is 0 Å². The van der Waals surface area contributed by atoms with Crippen molar-refractivity contribution in [2.45, 2.75) is 26.2 Å². The van der Waals surface area contributed by atoms with Crippen molar-refractivity contribution in [3.8, 4) is 40.5 Å². The van der Waals surface area contributed by atoms with Gasteiger partial charge in [0.25, 0.3) is 0 Å². The van der Waals surface area contributed by atoms with Crippen LogP contribution in [-0.4, -0.2) is 29.9 Å². The number of fused-ring (bicyclic) bond motifs is 1. The van der Waals surface area contributed by atoms with Crippen LogP contribution in [0.5, 0.6) is 23.1 Å². The van der Waals surface area contributed by atoms with Crippen LogP contribution in [-0.2, 0) is 4.79 Å². The van der Waals surface area contributed by atoms with Crippen molar-refractivity contribution in [1.29, 1.82) is 5.26 Å². The fraction of sp³-hybridized carbons (Fsp3) is 0.240. The molecule has 3 N–H and O–H groups in total. The van der Waals surface area contributed by atoms with Gasteiger partial charge in [-0.3, -0.25) is 9.89 Å². The number of rotatable bonds is 7. The van der Waals surface area contributed by atoms with Gasteiger partial charge in [-0.25, -0.2) is 0 Å². The van der Waals surface area contributed by atoms with Crippen LogP contribution in [0.2, 0.25) is 0 Å². The predicted molar refractivity (Wildman–Crippen MR) is 123 cm³/mol. The van der Waals surface area contributed by atoms with Crippen molar-refractivity contribution in [3.05, 3.63) is 65.0 Å². The van der Waals surface area contributed by atoms with Gasteiger partial charge in [0.05, 0.1) is 30.9 Å². The summed E-state index contributed by atoms with van der Waals surface area (Å²) >= 11 is 0. The van der Waals surface area contributed by atoms with E-state index in [-0.39, 0.29) is 23.1 Å². The monoisotopic (exact) mass is 460 g/mol. The molecule has 3 aromatic rings. The maximum Gasteiger partial charge on any atom is 0.308 e. The Morgan fingerprint density at radius 2 is 2.00 bits per heavy atom. The van der Waals surface area contributed by atoms with Crippen LogP contribution in [0.15, 0.2) is 53.9 Å². The number of aromatic amines is 1. The number of nitrogens with one attached hydrogen (secondary N) is 1. The molecule has 0 saturated carbocycles. The Morgan fingerprint density at radius 1 is 1.24 bits per heavy atom. The van der Waals surface area contributed by atoms with E-state index >= 15 is 0 Å². The number of allylic oxidation sites excluding steroid dienone is 1. The Kier molecular flexibility index (Phi) is 6.41. The third kappa shape index (κ3) is 4.26. The number of nitrogens with zero attached hydrogens (tertiary/aromatic N) is 2. The van der Waals surface area contributed by atoms with E-state index in [2.05, 4.69) is 16.3 Å². The maximum atomic E-state index is 11.4. The highest BCUT2D eigenvalue weighted by Crippen LogP contribution is 2.47. The van der Waals surface area contributed by atoms with Crippen molar-refractivity contribution in [3.63, 3.8) is 0 Å². The predicted octanol–water partition coefficient (Wildman–Crippen LogP) is 4.02. The summed E-state index contributed by atoms with van der Waals surface area (Å²) in [7, 11) is 1.47. The molecule has 1 aromatic heterocycles. The van der Waals surface area contributed by atoms with Gasteiger partial charge in [0, 0.05) is 12.5 Å². The highest BCUT2D eigenvalue weighted by molar-refractivity contribution is 5.73. The molecule has 9 nitrogen and oxygen atoms in total. The van der Waals surface area contributed by atoms with Gasteiger partial charge in [-0.2, -0.15) is 5.26 Å². The fourth-order valence-electron chi connectivity index (χ4n) is 3.84. The first-order valence-electron chi connectivity index (χ1n) is 10.7. The van der Waals surface area contributed by atoms with Crippen LogP contribution >= 0.6 is 0 Å². The van der Waals surface area contributed by atoms with Gasteiger partial charge in [0.2, 0.25) is 11.8 Å². The van der Waals surface area contributed by atoms with Gasteiger partial charge in [-0.05, 0) is 48.4 Å². The summed E-state index contributed by atoms with van der Waals surface area (Å²) in [6, 6.07) is 14.8. The normalized spacial score (nSPS) is 14.6. The second-order valence-corrected chi connectivity index (χ2v) is 7.62. The molecule has 2 aromatic carbocycles. The second kappa shape index (κ2) is 9.58. The molecule has 174 valence electrons. The van der Waals surface area contributed by atoms with Crippen molar-refractivity contribution in [2.24, 2.45) is 5.73 Å². The minimum Gasteiger partial charge on any atom is -0.494 e. The number of carbonyl (C=O) groups is 1. The summed E-state index contributed by atoms with van der Waals surface area (Å²) in [5.74, 6) is 0.592. The van der Waals surface area contributed by atoms with E-state index in [0.29, 0.717) is 29.2 Å². The average molecular weight is 460 g/mol. The van der Waals surface area contributed by atoms with E-state index in [4.69, 9.17) is 24.7 Å². The molecule has 4 rings (SSSR count). The van der Waals surface area contributed by atoms with Crippen molar-refractivity contribution >= 4 is 5.97 Å². The molecule has 0 spiro atoms. The molecule has 1 aliphatic rings. The Balaban J connectivity index is 1.81. The minimum absolute atomic E-state index is 0.0237. The zero-order valence-electron chi connectivity index (χ0n) is 19.0. The van der Waals surface area contributed by atoms with Crippen LogP contribution in [0.25, 0.3) is 11.3 Å². The van der Waals surface area contributed by atoms with Crippen molar-refractivity contribution in [1.82, 2.24) is 10.2 Å². The first kappa shape index (κ1) is 22.7. The highest BCUT2D eigenvalue weighted by Gasteiger charge is 2.36. The third-order valence-corrected chi connectivity index (χ3v) is 5.33. The van der Waals surface area contributed by atoms with Gasteiger partial charge in [0.15, 0.2) is 11.5 Å². The molecular formula is C25H24N4O5. The van der Waals surface area contributed by atoms with Crippen LogP contribution in [0, 0.1) is 11.3 Å². The number of hydrogen-bond acceptors (Lipinski definition) is 8. The van der Waals surface area contributed by atoms with E-state index in [1.165, 1.54) is 14.0 Å². The number of benzene rings is 2. The summed E-state index contributed by atoms with van der Waals surface area (Å²) in [5, 5.41) is 17.2. The standard InChI is InChI=1S/C25H24N4O5/c1-4-11-32-17-8-5-15(6-9-17)23-22-21(18(13-26)24(27)34-25(22)29-28-23)16-7-10-19(33-14(2)30)20(12-16)31-3/h5-10,12,21H,4,11,27H2,1-3H3,(H,28,29)/t21-/m0/s1. The number of carbonyl (C=O) groups excluding carboxylic acids is 1. The number of esters is 1. The number of aromatic nitrogens is 2. The fourth-order valence-corrected chi connectivity index (χ4v) is 3.84. The number of ether oxygens (including phenoxy) is 4. The van der Waals surface area contributed by atoms with Crippen molar-refractivity contribution < 1.29 is 23.7 Å². The van der Waals surface area contributed by atoms with Crippen LogP contribution < -0.4 is 24.7 Å². The molecule has 0 saturated heterocycles. The summed E-state index contributed by atoms with van der Waals surface area (Å²) in [4.78, 5) is 11.4. The molecule has 1 aliphatic heterocycles. The molecule has 0 fully saturated rings. The van der Waals surface area contributed by atoms with Gasteiger partial charge < -0.3 is 24.7 Å². The van der Waals surface area contributed by atoms with Gasteiger partial charge in [-0.15, -0.1) is 5.10 Å². The zero-order valence-corrected chi connectivity index (χ0v) is 19.0. The second-order valence-electron chi connectivity index (χ2n) is 7.62. The largest absolute Gasteiger partial charge is 0.494 e. The minimum atomic E-state index is -0.584. The zero-order chi connectivity index (χ0) is 24.2. The average Bonchev–Trinajstić information content (AvgIpc) is 3.25. The molecular weight excluding hydrogens is 436 g/mol. The molecule has 2 heterocycles. The van der Waals surface area contributed by atoms with E-state index in [9.17, 15) is 10.1 Å². The maximum absolute atomic E-state index is 11.4. The Hall–Kier alpha value is -4.45. The smallest absolute Gasteiger partial charge is 0.308 e. The first-order chi connectivity index (χ1) is 16.5. The Bertz CT molecular complexity index is 1290. The quantitative estimate of drug-likeness (QED) is 0.399. The molecule has 0 amide bonds. The first-order valence-corrected chi connectivity index (χ1v) is 10.7. The lowest BCUT2D eigenvalue weighted by atomic mass is 9.83. The SMILES string of the molecule is CCCOc1ccc(-c2[nH]nc3c2[C@@H](c2ccc(OC(C)=O)c(OC)c2)C(C#N)=C(N)O3)cc1. The van der Waals surface area contributed by atoms with Crippen LogP contribution in [0.1, 0.15) is 37.3 Å². The lowest BCUT2D eigenvalue weighted by Crippen LogP contribution is -2.21. The number of H-pyrrole nitrogens is 1. The Morgan fingerprint density at radius 3 is 2.65 bits per heavy atom.